The van der Waals surface area contributed by atoms with Crippen molar-refractivity contribution in [2.45, 2.75) is 103 Å². The lowest BCUT2D eigenvalue weighted by Gasteiger charge is -2.37. The summed E-state index contributed by atoms with van der Waals surface area (Å²) in [6.07, 6.45) is 9.25. The van der Waals surface area contributed by atoms with Gasteiger partial charge in [-0.15, -0.1) is 0 Å². The van der Waals surface area contributed by atoms with E-state index >= 15 is 0 Å². The van der Waals surface area contributed by atoms with E-state index in [2.05, 4.69) is 40.7 Å². The number of rotatable bonds is 11. The van der Waals surface area contributed by atoms with Gasteiger partial charge in [0, 0.05) is 45.3 Å². The molecule has 10 nitrogen and oxygen atoms in total. The van der Waals surface area contributed by atoms with Crippen LogP contribution in [-0.2, 0) is 22.8 Å². The van der Waals surface area contributed by atoms with Crippen molar-refractivity contribution in [3.63, 3.8) is 0 Å². The minimum Gasteiger partial charge on any atom is -0.486 e. The molecule has 1 aliphatic carbocycles. The number of fused-ring (bicyclic) bond motifs is 5. The number of ether oxygens (including phenoxy) is 3. The van der Waals surface area contributed by atoms with Gasteiger partial charge in [-0.2, -0.15) is 0 Å². The van der Waals surface area contributed by atoms with Gasteiger partial charge in [-0.25, -0.2) is 14.8 Å². The van der Waals surface area contributed by atoms with Gasteiger partial charge in [-0.1, -0.05) is 37.3 Å². The van der Waals surface area contributed by atoms with Gasteiger partial charge in [-0.05, 0) is 100 Å². The van der Waals surface area contributed by atoms with Gasteiger partial charge in [0.15, 0.2) is 0 Å². The zero-order valence-electron chi connectivity index (χ0n) is 29.5. The first kappa shape index (κ1) is 35.2. The van der Waals surface area contributed by atoms with Crippen LogP contribution in [0.15, 0.2) is 55.1 Å². The summed E-state index contributed by atoms with van der Waals surface area (Å²) in [6, 6.07) is 12.6. The Hall–Kier alpha value is -3.67. The summed E-state index contributed by atoms with van der Waals surface area (Å²) in [5.41, 5.74) is 3.08. The Morgan fingerprint density at radius 3 is 2.65 bits per heavy atom. The fraction of sp³-hybridized carbons (Fsp3) is 0.514. The first-order chi connectivity index (χ1) is 23.3. The maximum absolute atomic E-state index is 13.3. The highest BCUT2D eigenvalue weighted by Gasteiger charge is 2.41. The minimum atomic E-state index is -1.23. The van der Waals surface area contributed by atoms with E-state index < -0.39 is 13.7 Å². The third-order valence-corrected chi connectivity index (χ3v) is 11.3. The molecule has 1 aromatic carbocycles. The average Bonchev–Trinajstić information content (AvgIpc) is 3.16. The van der Waals surface area contributed by atoms with Gasteiger partial charge < -0.3 is 29.0 Å². The normalized spacial score (nSPS) is 19.6. The molecule has 0 spiro atoms. The Morgan fingerprint density at radius 1 is 1.08 bits per heavy atom. The topological polar surface area (TPSA) is 104 Å². The Labute approximate surface area is 295 Å². The number of benzene rings is 1. The predicted molar refractivity (Wildman–Crippen MR) is 196 cm³/mol. The molecular formula is C37H49ClN6O4Si. The van der Waals surface area contributed by atoms with Crippen molar-refractivity contribution in [2.24, 2.45) is 5.92 Å². The number of amides is 1. The van der Waals surface area contributed by atoms with E-state index in [4.69, 9.17) is 35.8 Å². The van der Waals surface area contributed by atoms with Crippen LogP contribution in [0.3, 0.4) is 0 Å². The number of carbonyl (C=O) groups excluding carboxylic acids is 1. The summed E-state index contributed by atoms with van der Waals surface area (Å²) in [4.78, 5) is 29.1. The van der Waals surface area contributed by atoms with Crippen molar-refractivity contribution < 1.29 is 19.0 Å². The Morgan fingerprint density at radius 2 is 1.92 bits per heavy atom. The van der Waals surface area contributed by atoms with Gasteiger partial charge in [0.1, 0.15) is 42.5 Å². The lowest BCUT2D eigenvalue weighted by molar-refractivity contribution is 0.00608. The molecule has 2 saturated heterocycles. The summed E-state index contributed by atoms with van der Waals surface area (Å²) in [7, 11) is -1.23. The van der Waals surface area contributed by atoms with Crippen molar-refractivity contribution in [3.05, 3.63) is 71.4 Å². The van der Waals surface area contributed by atoms with Crippen molar-refractivity contribution >= 4 is 48.3 Å². The van der Waals surface area contributed by atoms with E-state index in [1.165, 1.54) is 5.56 Å². The first-order valence-corrected chi connectivity index (χ1v) is 21.4. The standard InChI is InChI=1S/C37H49ClN6O4Si/c1-37(2,3)48-36(45)44-20-25-10-12-29(44)18-26(17-25)30-21-43(24-46-15-16-49(4,5)6)35-33(30)34(40-23-41-35)42-27-11-13-32(31(38)19-27)47-22-28-9-7-8-14-39-28/h7-9,11,13-14,19,21,23,25-26,29H,10,12,15-18,20,22,24H2,1-6H3,(H,40,41,42)/t25-,26?,29?/m0/s1. The van der Waals surface area contributed by atoms with Crippen molar-refractivity contribution in [2.75, 3.05) is 18.5 Å². The molecule has 1 N–H and O–H groups in total. The molecule has 5 heterocycles. The molecule has 3 atom stereocenters. The van der Waals surface area contributed by atoms with Crippen molar-refractivity contribution in [1.29, 1.82) is 0 Å². The number of hydrogen-bond acceptors (Lipinski definition) is 8. The highest BCUT2D eigenvalue weighted by molar-refractivity contribution is 6.76. The fourth-order valence-corrected chi connectivity index (χ4v) is 7.82. The molecule has 2 unspecified atom stereocenters. The molecule has 7 rings (SSSR count). The lowest BCUT2D eigenvalue weighted by Crippen LogP contribution is -2.47. The van der Waals surface area contributed by atoms with Crippen LogP contribution in [0.2, 0.25) is 30.7 Å². The van der Waals surface area contributed by atoms with Gasteiger partial charge in [0.05, 0.1) is 16.1 Å². The first-order valence-electron chi connectivity index (χ1n) is 17.3. The molecule has 0 radical (unpaired) electrons. The van der Waals surface area contributed by atoms with Crippen LogP contribution in [0.25, 0.3) is 11.0 Å². The van der Waals surface area contributed by atoms with Crippen LogP contribution >= 0.6 is 11.6 Å². The molecule has 3 fully saturated rings. The van der Waals surface area contributed by atoms with Crippen LogP contribution in [0.1, 0.15) is 63.6 Å². The van der Waals surface area contributed by atoms with Gasteiger partial charge in [0.25, 0.3) is 0 Å². The number of nitrogens with one attached hydrogen (secondary N) is 1. The molecule has 262 valence electrons. The number of pyridine rings is 1. The van der Waals surface area contributed by atoms with Crippen molar-refractivity contribution in [1.82, 2.24) is 24.4 Å². The molecule has 49 heavy (non-hydrogen) atoms. The second-order valence-electron chi connectivity index (χ2n) is 15.6. The molecule has 3 aliphatic rings. The van der Waals surface area contributed by atoms with Crippen LogP contribution in [0.5, 0.6) is 5.75 Å². The van der Waals surface area contributed by atoms with Crippen LogP contribution in [0.4, 0.5) is 16.3 Å². The molecule has 2 bridgehead atoms. The number of hydrogen-bond donors (Lipinski definition) is 1. The van der Waals surface area contributed by atoms with Gasteiger partial charge >= 0.3 is 6.09 Å². The highest BCUT2D eigenvalue weighted by Crippen LogP contribution is 2.45. The average molecular weight is 705 g/mol. The van der Waals surface area contributed by atoms with Gasteiger partial charge in [0.2, 0.25) is 0 Å². The highest BCUT2D eigenvalue weighted by atomic mass is 35.5. The molecule has 1 saturated carbocycles. The molecule has 2 aliphatic heterocycles. The molecule has 3 aromatic heterocycles. The second kappa shape index (κ2) is 14.7. The Kier molecular flexibility index (Phi) is 10.5. The number of aromatic nitrogens is 4. The van der Waals surface area contributed by atoms with Crippen molar-refractivity contribution in [3.8, 4) is 5.75 Å². The monoisotopic (exact) mass is 704 g/mol. The van der Waals surface area contributed by atoms with Crippen LogP contribution in [0, 0.1) is 5.92 Å². The molecule has 1 amide bonds. The number of halogens is 1. The number of carbonyl (C=O) groups is 1. The zero-order chi connectivity index (χ0) is 34.8. The SMILES string of the molecule is CC(C)(C)OC(=O)N1C[C@H]2CCC1CC(c1cn(COCC[Si](C)(C)C)c3ncnc(Nc4ccc(OCc5ccccn5)c(Cl)c4)c13)C2. The Balaban J connectivity index is 1.29. The molecular weight excluding hydrogens is 656 g/mol. The second-order valence-corrected chi connectivity index (χ2v) is 21.6. The Bertz CT molecular complexity index is 1760. The summed E-state index contributed by atoms with van der Waals surface area (Å²) < 4.78 is 20.1. The van der Waals surface area contributed by atoms with E-state index in [-0.39, 0.29) is 18.1 Å². The smallest absolute Gasteiger partial charge is 0.410 e. The molecule has 4 aromatic rings. The maximum Gasteiger partial charge on any atom is 0.410 e. The summed E-state index contributed by atoms with van der Waals surface area (Å²) in [5.74, 6) is 1.89. The van der Waals surface area contributed by atoms with E-state index in [0.29, 0.717) is 42.5 Å². The quantitative estimate of drug-likeness (QED) is 0.122. The number of nitrogens with zero attached hydrogens (tertiary/aromatic N) is 5. The zero-order valence-corrected chi connectivity index (χ0v) is 31.3. The molecule has 12 heteroatoms. The maximum atomic E-state index is 13.3. The largest absolute Gasteiger partial charge is 0.486 e. The van der Waals surface area contributed by atoms with E-state index in [9.17, 15) is 4.79 Å². The number of piperidine rings is 1. The van der Waals surface area contributed by atoms with Gasteiger partial charge in [-0.3, -0.25) is 4.98 Å². The van der Waals surface area contributed by atoms with Crippen LogP contribution in [-0.4, -0.2) is 63.4 Å². The third-order valence-electron chi connectivity index (χ3n) is 9.25. The van der Waals surface area contributed by atoms with Crippen LogP contribution < -0.4 is 10.1 Å². The fourth-order valence-electron chi connectivity index (χ4n) is 6.83. The van der Waals surface area contributed by atoms with E-state index in [1.807, 2.05) is 62.1 Å². The minimum absolute atomic E-state index is 0.114. The predicted octanol–water partition coefficient (Wildman–Crippen LogP) is 9.01. The van der Waals surface area contributed by atoms with E-state index in [0.717, 1.165) is 60.7 Å². The summed E-state index contributed by atoms with van der Waals surface area (Å²) >= 11 is 6.70. The number of anilines is 2. The van der Waals surface area contributed by atoms with E-state index in [1.54, 1.807) is 12.5 Å². The third kappa shape index (κ3) is 8.93. The lowest BCUT2D eigenvalue weighted by atomic mass is 9.88. The summed E-state index contributed by atoms with van der Waals surface area (Å²) in [6.45, 7) is 15.0. The summed E-state index contributed by atoms with van der Waals surface area (Å²) in [5, 5.41) is 5.00.